The molecule has 0 spiro atoms. The predicted octanol–water partition coefficient (Wildman–Crippen LogP) is 1.45. The van der Waals surface area contributed by atoms with Gasteiger partial charge in [-0.25, -0.2) is 4.98 Å². The fourth-order valence-corrected chi connectivity index (χ4v) is 3.66. The highest BCUT2D eigenvalue weighted by Crippen LogP contribution is 2.30. The summed E-state index contributed by atoms with van der Waals surface area (Å²) in [5.41, 5.74) is 2.03. The van der Waals surface area contributed by atoms with Crippen LogP contribution in [-0.2, 0) is 20.8 Å². The fraction of sp³-hybridized carbons (Fsp3) is 0.765. The van der Waals surface area contributed by atoms with Gasteiger partial charge in [-0.15, -0.1) is 0 Å². The van der Waals surface area contributed by atoms with E-state index in [1.54, 1.807) is 6.33 Å². The molecule has 0 unspecified atom stereocenters. The molecule has 0 bridgehead atoms. The van der Waals surface area contributed by atoms with Gasteiger partial charge in [0.2, 0.25) is 5.91 Å². The maximum absolute atomic E-state index is 12.4. The summed E-state index contributed by atoms with van der Waals surface area (Å²) in [4.78, 5) is 16.7. The smallest absolute Gasteiger partial charge is 0.240 e. The summed E-state index contributed by atoms with van der Waals surface area (Å²) < 4.78 is 13.1. The third-order valence-corrected chi connectivity index (χ3v) is 5.28. The highest BCUT2D eigenvalue weighted by Gasteiger charge is 2.34. The van der Waals surface area contributed by atoms with E-state index in [2.05, 4.69) is 10.3 Å². The van der Waals surface area contributed by atoms with Gasteiger partial charge in [0.15, 0.2) is 0 Å². The molecule has 2 aliphatic heterocycles. The monoisotopic (exact) mass is 321 g/mol. The number of imidazole rings is 1. The minimum atomic E-state index is 0.0643. The summed E-state index contributed by atoms with van der Waals surface area (Å²) in [7, 11) is 0. The minimum absolute atomic E-state index is 0.0643. The molecule has 1 aromatic rings. The molecule has 0 aliphatic carbocycles. The summed E-state index contributed by atoms with van der Waals surface area (Å²) >= 11 is 0. The van der Waals surface area contributed by atoms with Crippen LogP contribution in [0.5, 0.6) is 0 Å². The lowest BCUT2D eigenvalue weighted by Gasteiger charge is -2.39. The number of amides is 1. The molecule has 3 rings (SSSR count). The first-order valence-electron chi connectivity index (χ1n) is 8.58. The Morgan fingerprint density at radius 3 is 2.70 bits per heavy atom. The summed E-state index contributed by atoms with van der Waals surface area (Å²) in [6.07, 6.45) is 4.78. The van der Waals surface area contributed by atoms with E-state index in [-0.39, 0.29) is 11.9 Å². The summed E-state index contributed by atoms with van der Waals surface area (Å²) in [6, 6.07) is 0.212. The van der Waals surface area contributed by atoms with Gasteiger partial charge in [0.05, 0.1) is 18.6 Å². The molecule has 2 saturated heterocycles. The number of rotatable bonds is 4. The minimum Gasteiger partial charge on any atom is -0.381 e. The molecule has 6 heteroatoms. The Balaban J connectivity index is 1.59. The van der Waals surface area contributed by atoms with Crippen LogP contribution in [0.3, 0.4) is 0 Å². The van der Waals surface area contributed by atoms with Gasteiger partial charge in [-0.3, -0.25) is 4.79 Å². The van der Waals surface area contributed by atoms with E-state index < -0.39 is 0 Å². The van der Waals surface area contributed by atoms with Gasteiger partial charge < -0.3 is 19.4 Å². The quantitative estimate of drug-likeness (QED) is 0.911. The maximum Gasteiger partial charge on any atom is 0.240 e. The lowest BCUT2D eigenvalue weighted by atomic mass is 9.79. The molecule has 0 aromatic carbocycles. The van der Waals surface area contributed by atoms with E-state index in [9.17, 15) is 4.79 Å². The summed E-state index contributed by atoms with van der Waals surface area (Å²) in [5.74, 6) is 1.06. The van der Waals surface area contributed by atoms with Crippen molar-refractivity contribution >= 4 is 5.91 Å². The standard InChI is InChI=1S/C17H27N3O3/c1-12-13(2)20(11-18-12)9-17(21)19-16-5-8-23-10-15(16)14-3-6-22-7-4-14/h11,14-16H,3-10H2,1-2H3,(H,19,21)/t15-,16-/m0/s1. The molecule has 2 atom stereocenters. The average molecular weight is 321 g/mol. The van der Waals surface area contributed by atoms with Gasteiger partial charge >= 0.3 is 0 Å². The first kappa shape index (κ1) is 16.5. The van der Waals surface area contributed by atoms with Crippen molar-refractivity contribution in [3.8, 4) is 0 Å². The Morgan fingerprint density at radius 1 is 1.26 bits per heavy atom. The Hall–Kier alpha value is -1.40. The molecule has 23 heavy (non-hydrogen) atoms. The van der Waals surface area contributed by atoms with E-state index in [1.165, 1.54) is 0 Å². The predicted molar refractivity (Wildman–Crippen MR) is 86.1 cm³/mol. The number of nitrogens with zero attached hydrogens (tertiary/aromatic N) is 2. The number of carbonyl (C=O) groups excluding carboxylic acids is 1. The molecule has 2 aliphatic rings. The summed E-state index contributed by atoms with van der Waals surface area (Å²) in [6.45, 7) is 7.43. The molecule has 0 radical (unpaired) electrons. The van der Waals surface area contributed by atoms with Crippen LogP contribution in [0.4, 0.5) is 0 Å². The zero-order valence-electron chi connectivity index (χ0n) is 14.1. The van der Waals surface area contributed by atoms with Crippen molar-refractivity contribution in [2.75, 3.05) is 26.4 Å². The van der Waals surface area contributed by atoms with Gasteiger partial charge in [0, 0.05) is 37.5 Å². The zero-order valence-corrected chi connectivity index (χ0v) is 14.1. The molecule has 1 aromatic heterocycles. The molecular weight excluding hydrogens is 294 g/mol. The van der Waals surface area contributed by atoms with Gasteiger partial charge in [0.1, 0.15) is 6.54 Å². The second-order valence-electron chi connectivity index (χ2n) is 6.69. The van der Waals surface area contributed by atoms with Crippen molar-refractivity contribution in [3.63, 3.8) is 0 Å². The molecule has 128 valence electrons. The second-order valence-corrected chi connectivity index (χ2v) is 6.69. The van der Waals surface area contributed by atoms with E-state index >= 15 is 0 Å². The van der Waals surface area contributed by atoms with Crippen LogP contribution in [0.1, 0.15) is 30.7 Å². The van der Waals surface area contributed by atoms with Crippen molar-refractivity contribution in [2.45, 2.75) is 45.7 Å². The van der Waals surface area contributed by atoms with Gasteiger partial charge in [-0.1, -0.05) is 0 Å². The Morgan fingerprint density at radius 2 is 2.00 bits per heavy atom. The number of aromatic nitrogens is 2. The maximum atomic E-state index is 12.4. The van der Waals surface area contributed by atoms with Gasteiger partial charge in [0.25, 0.3) is 0 Å². The zero-order chi connectivity index (χ0) is 16.2. The molecule has 1 amide bonds. The SMILES string of the molecule is Cc1ncn(CC(=O)N[C@H]2CCOC[C@H]2C2CCOCC2)c1C. The van der Waals surface area contributed by atoms with Crippen LogP contribution >= 0.6 is 0 Å². The van der Waals surface area contributed by atoms with E-state index in [4.69, 9.17) is 9.47 Å². The highest BCUT2D eigenvalue weighted by molar-refractivity contribution is 5.76. The Labute approximate surface area is 137 Å². The normalized spacial score (nSPS) is 26.2. The number of nitrogens with one attached hydrogen (secondary N) is 1. The Kier molecular flexibility index (Phi) is 5.33. The van der Waals surface area contributed by atoms with E-state index in [1.807, 2.05) is 18.4 Å². The van der Waals surface area contributed by atoms with Crippen LogP contribution in [0.2, 0.25) is 0 Å². The molecular formula is C17H27N3O3. The molecule has 0 saturated carbocycles. The van der Waals surface area contributed by atoms with Crippen LogP contribution in [0.15, 0.2) is 6.33 Å². The first-order valence-corrected chi connectivity index (χ1v) is 8.58. The number of ether oxygens (including phenoxy) is 2. The lowest BCUT2D eigenvalue weighted by Crippen LogP contribution is -2.49. The van der Waals surface area contributed by atoms with E-state index in [0.29, 0.717) is 18.4 Å². The molecule has 1 N–H and O–H groups in total. The third kappa shape index (κ3) is 3.93. The number of carbonyl (C=O) groups is 1. The largest absolute Gasteiger partial charge is 0.381 e. The van der Waals surface area contributed by atoms with Crippen LogP contribution < -0.4 is 5.32 Å². The fourth-order valence-electron chi connectivity index (χ4n) is 3.66. The van der Waals surface area contributed by atoms with Gasteiger partial charge in [-0.2, -0.15) is 0 Å². The molecule has 3 heterocycles. The van der Waals surface area contributed by atoms with Crippen LogP contribution in [0, 0.1) is 25.7 Å². The van der Waals surface area contributed by atoms with Crippen molar-refractivity contribution in [1.29, 1.82) is 0 Å². The number of aryl methyl sites for hydroxylation is 1. The number of hydrogen-bond acceptors (Lipinski definition) is 4. The third-order valence-electron chi connectivity index (χ3n) is 5.28. The molecule has 6 nitrogen and oxygen atoms in total. The second kappa shape index (κ2) is 7.45. The average Bonchev–Trinajstić information content (AvgIpc) is 2.88. The lowest BCUT2D eigenvalue weighted by molar-refractivity contribution is -0.124. The Bertz CT molecular complexity index is 537. The number of hydrogen-bond donors (Lipinski definition) is 1. The van der Waals surface area contributed by atoms with Crippen LogP contribution in [0.25, 0.3) is 0 Å². The van der Waals surface area contributed by atoms with Crippen molar-refractivity contribution in [3.05, 3.63) is 17.7 Å². The summed E-state index contributed by atoms with van der Waals surface area (Å²) in [5, 5.41) is 3.24. The topological polar surface area (TPSA) is 65.4 Å². The van der Waals surface area contributed by atoms with Gasteiger partial charge in [-0.05, 0) is 39.0 Å². The first-order chi connectivity index (χ1) is 11.1. The van der Waals surface area contributed by atoms with Crippen LogP contribution in [-0.4, -0.2) is 47.9 Å². The highest BCUT2D eigenvalue weighted by atomic mass is 16.5. The van der Waals surface area contributed by atoms with E-state index in [0.717, 1.165) is 57.1 Å². The van der Waals surface area contributed by atoms with Crippen molar-refractivity contribution in [2.24, 2.45) is 11.8 Å². The molecule has 2 fully saturated rings. The van der Waals surface area contributed by atoms with Crippen molar-refractivity contribution in [1.82, 2.24) is 14.9 Å². The van der Waals surface area contributed by atoms with Crippen molar-refractivity contribution < 1.29 is 14.3 Å².